The lowest BCUT2D eigenvalue weighted by Crippen LogP contribution is -2.08. The van der Waals surface area contributed by atoms with Crippen molar-refractivity contribution in [1.29, 1.82) is 0 Å². The molecule has 0 bridgehead atoms. The molecular weight excluding hydrogens is 242 g/mol. The van der Waals surface area contributed by atoms with Gasteiger partial charge in [0.25, 0.3) is 0 Å². The average Bonchev–Trinajstić information content (AvgIpc) is 2.14. The molecule has 14 heavy (non-hydrogen) atoms. The van der Waals surface area contributed by atoms with Crippen molar-refractivity contribution >= 4 is 15.9 Å². The van der Waals surface area contributed by atoms with Gasteiger partial charge in [-0.2, -0.15) is 0 Å². The number of nitrogens with two attached hydrogens (primary N) is 1. The molecule has 0 saturated heterocycles. The van der Waals surface area contributed by atoms with Crippen molar-refractivity contribution in [2.45, 2.75) is 13.0 Å². The van der Waals surface area contributed by atoms with Crippen molar-refractivity contribution in [2.24, 2.45) is 5.73 Å². The minimum absolute atomic E-state index is 0.0251. The second kappa shape index (κ2) is 5.17. The Balaban J connectivity index is 2.96. The average molecular weight is 256 g/mol. The van der Waals surface area contributed by atoms with Gasteiger partial charge in [-0.1, -0.05) is 34.7 Å². The van der Waals surface area contributed by atoms with Crippen LogP contribution in [0.1, 0.15) is 18.5 Å². The van der Waals surface area contributed by atoms with Crippen LogP contribution in [0.3, 0.4) is 0 Å². The van der Waals surface area contributed by atoms with E-state index in [1.165, 1.54) is 0 Å². The van der Waals surface area contributed by atoms with E-state index >= 15 is 0 Å². The molecule has 0 unspecified atom stereocenters. The molecule has 0 amide bonds. The fourth-order valence-corrected chi connectivity index (χ4v) is 1.50. The van der Waals surface area contributed by atoms with Gasteiger partial charge in [0.15, 0.2) is 0 Å². The van der Waals surface area contributed by atoms with Crippen LogP contribution in [-0.4, -0.2) is 6.61 Å². The standard InChI is InChI=1S/C11H14BrNO/c1-3-6-14-11-7-9(12)4-5-10(11)8(2)13/h3-5,7-8H,1,6,13H2,2H3/t8-/m1/s1. The van der Waals surface area contributed by atoms with Gasteiger partial charge in [0, 0.05) is 16.1 Å². The number of benzene rings is 1. The van der Waals surface area contributed by atoms with E-state index in [1.807, 2.05) is 25.1 Å². The molecule has 0 heterocycles. The molecule has 2 nitrogen and oxygen atoms in total. The summed E-state index contributed by atoms with van der Waals surface area (Å²) in [7, 11) is 0. The van der Waals surface area contributed by atoms with Crippen molar-refractivity contribution in [3.63, 3.8) is 0 Å². The molecule has 1 aromatic carbocycles. The van der Waals surface area contributed by atoms with E-state index in [4.69, 9.17) is 10.5 Å². The molecule has 3 heteroatoms. The minimum Gasteiger partial charge on any atom is -0.489 e. The number of hydrogen-bond acceptors (Lipinski definition) is 2. The number of rotatable bonds is 4. The van der Waals surface area contributed by atoms with Gasteiger partial charge in [0.05, 0.1) is 0 Å². The van der Waals surface area contributed by atoms with Crippen LogP contribution < -0.4 is 10.5 Å². The van der Waals surface area contributed by atoms with Gasteiger partial charge >= 0.3 is 0 Å². The first-order chi connectivity index (χ1) is 6.65. The summed E-state index contributed by atoms with van der Waals surface area (Å²) in [5.74, 6) is 0.814. The monoisotopic (exact) mass is 255 g/mol. The maximum atomic E-state index is 5.82. The zero-order valence-corrected chi connectivity index (χ0v) is 9.75. The van der Waals surface area contributed by atoms with Gasteiger partial charge in [-0.3, -0.25) is 0 Å². The van der Waals surface area contributed by atoms with Crippen LogP contribution in [0.4, 0.5) is 0 Å². The maximum Gasteiger partial charge on any atom is 0.125 e. The molecule has 0 aromatic heterocycles. The first-order valence-electron chi connectivity index (χ1n) is 4.44. The Labute approximate surface area is 92.9 Å². The van der Waals surface area contributed by atoms with E-state index in [0.717, 1.165) is 15.8 Å². The third-order valence-corrected chi connectivity index (χ3v) is 2.32. The van der Waals surface area contributed by atoms with Crippen molar-refractivity contribution < 1.29 is 4.74 Å². The maximum absolute atomic E-state index is 5.82. The Morgan fingerprint density at radius 1 is 1.64 bits per heavy atom. The quantitative estimate of drug-likeness (QED) is 0.840. The molecule has 1 atom stereocenters. The van der Waals surface area contributed by atoms with Gasteiger partial charge in [-0.15, -0.1) is 0 Å². The van der Waals surface area contributed by atoms with Gasteiger partial charge in [-0.25, -0.2) is 0 Å². The fraction of sp³-hybridized carbons (Fsp3) is 0.273. The van der Waals surface area contributed by atoms with Gasteiger partial charge in [0.1, 0.15) is 12.4 Å². The van der Waals surface area contributed by atoms with Crippen LogP contribution in [0, 0.1) is 0 Å². The molecule has 1 aromatic rings. The topological polar surface area (TPSA) is 35.2 Å². The summed E-state index contributed by atoms with van der Waals surface area (Å²) in [5, 5.41) is 0. The van der Waals surface area contributed by atoms with E-state index in [9.17, 15) is 0 Å². The van der Waals surface area contributed by atoms with Crippen molar-refractivity contribution in [1.82, 2.24) is 0 Å². The van der Waals surface area contributed by atoms with E-state index in [0.29, 0.717) is 6.61 Å². The fourth-order valence-electron chi connectivity index (χ4n) is 1.16. The predicted molar refractivity (Wildman–Crippen MR) is 62.4 cm³/mol. The first-order valence-corrected chi connectivity index (χ1v) is 5.23. The highest BCUT2D eigenvalue weighted by Gasteiger charge is 2.07. The summed E-state index contributed by atoms with van der Waals surface area (Å²) in [4.78, 5) is 0. The normalized spacial score (nSPS) is 12.2. The highest BCUT2D eigenvalue weighted by atomic mass is 79.9. The Bertz CT molecular complexity index is 323. The smallest absolute Gasteiger partial charge is 0.125 e. The summed E-state index contributed by atoms with van der Waals surface area (Å²) in [6, 6.07) is 5.82. The van der Waals surface area contributed by atoms with Crippen LogP contribution >= 0.6 is 15.9 Å². The first kappa shape index (κ1) is 11.3. The number of ether oxygens (including phenoxy) is 1. The lowest BCUT2D eigenvalue weighted by molar-refractivity contribution is 0.357. The summed E-state index contributed by atoms with van der Waals surface area (Å²) in [5.41, 5.74) is 6.82. The zero-order chi connectivity index (χ0) is 10.6. The largest absolute Gasteiger partial charge is 0.489 e. The molecular formula is C11H14BrNO. The second-order valence-corrected chi connectivity index (χ2v) is 3.99. The van der Waals surface area contributed by atoms with Crippen LogP contribution in [0.2, 0.25) is 0 Å². The summed E-state index contributed by atoms with van der Waals surface area (Å²) in [6.45, 7) is 6.04. The van der Waals surface area contributed by atoms with Crippen molar-refractivity contribution in [3.8, 4) is 5.75 Å². The lowest BCUT2D eigenvalue weighted by atomic mass is 10.1. The Kier molecular flexibility index (Phi) is 4.17. The van der Waals surface area contributed by atoms with Crippen LogP contribution in [-0.2, 0) is 0 Å². The van der Waals surface area contributed by atoms with E-state index in [-0.39, 0.29) is 6.04 Å². The molecule has 0 aliphatic carbocycles. The summed E-state index contributed by atoms with van der Waals surface area (Å²) < 4.78 is 6.49. The molecule has 0 radical (unpaired) electrons. The summed E-state index contributed by atoms with van der Waals surface area (Å²) >= 11 is 3.39. The van der Waals surface area contributed by atoms with Crippen LogP contribution in [0.15, 0.2) is 35.3 Å². The highest BCUT2D eigenvalue weighted by Crippen LogP contribution is 2.27. The predicted octanol–water partition coefficient (Wildman–Crippen LogP) is 3.03. The molecule has 76 valence electrons. The minimum atomic E-state index is -0.0251. The van der Waals surface area contributed by atoms with E-state index in [1.54, 1.807) is 6.08 Å². The van der Waals surface area contributed by atoms with Crippen LogP contribution in [0.5, 0.6) is 5.75 Å². The molecule has 1 rings (SSSR count). The van der Waals surface area contributed by atoms with Crippen molar-refractivity contribution in [3.05, 3.63) is 40.9 Å². The zero-order valence-electron chi connectivity index (χ0n) is 8.16. The highest BCUT2D eigenvalue weighted by molar-refractivity contribution is 9.10. The van der Waals surface area contributed by atoms with Gasteiger partial charge in [-0.05, 0) is 19.1 Å². The number of hydrogen-bond donors (Lipinski definition) is 1. The lowest BCUT2D eigenvalue weighted by Gasteiger charge is -2.13. The van der Waals surface area contributed by atoms with Gasteiger partial charge < -0.3 is 10.5 Å². The third kappa shape index (κ3) is 2.86. The Morgan fingerprint density at radius 3 is 2.93 bits per heavy atom. The number of halogens is 1. The second-order valence-electron chi connectivity index (χ2n) is 3.07. The van der Waals surface area contributed by atoms with E-state index in [2.05, 4.69) is 22.5 Å². The molecule has 0 aliphatic heterocycles. The Morgan fingerprint density at radius 2 is 2.36 bits per heavy atom. The molecule has 2 N–H and O–H groups in total. The molecule has 0 saturated carbocycles. The third-order valence-electron chi connectivity index (χ3n) is 1.82. The molecule has 0 aliphatic rings. The Hall–Kier alpha value is -0.800. The van der Waals surface area contributed by atoms with Crippen LogP contribution in [0.25, 0.3) is 0 Å². The van der Waals surface area contributed by atoms with E-state index < -0.39 is 0 Å². The molecule has 0 spiro atoms. The van der Waals surface area contributed by atoms with Gasteiger partial charge in [0.2, 0.25) is 0 Å². The summed E-state index contributed by atoms with van der Waals surface area (Å²) in [6.07, 6.45) is 1.71. The molecule has 0 fully saturated rings. The SMILES string of the molecule is C=CCOc1cc(Br)ccc1[C@@H](C)N. The van der Waals surface area contributed by atoms with Crippen molar-refractivity contribution in [2.75, 3.05) is 6.61 Å².